The third kappa shape index (κ3) is 4.52. The van der Waals surface area contributed by atoms with Gasteiger partial charge in [-0.15, -0.1) is 0 Å². The second-order valence-electron chi connectivity index (χ2n) is 6.40. The highest BCUT2D eigenvalue weighted by Crippen LogP contribution is 2.33. The number of anilines is 1. The fourth-order valence-electron chi connectivity index (χ4n) is 2.71. The standard InChI is InChI=1S/C21H23ClN4O2/c1-3-15(23)11-24-21-18(13-5-4-6-16(9-13)28-2)12-25-20(26-21)17-10-14(22)7-8-19(17)27/h4-10,12,15,27H,3,11,23H2,1-2H3,(H,24,25,26). The highest BCUT2D eigenvalue weighted by molar-refractivity contribution is 6.30. The summed E-state index contributed by atoms with van der Waals surface area (Å²) < 4.78 is 5.32. The fraction of sp³-hybridized carbons (Fsp3) is 0.238. The molecule has 28 heavy (non-hydrogen) atoms. The SMILES string of the molecule is CCC(N)CNc1nc(-c2cc(Cl)ccc2O)ncc1-c1cccc(OC)c1. The molecule has 2 aromatic carbocycles. The lowest BCUT2D eigenvalue weighted by Gasteiger charge is -2.16. The van der Waals surface area contributed by atoms with Crippen LogP contribution in [0.2, 0.25) is 5.02 Å². The lowest BCUT2D eigenvalue weighted by atomic mass is 10.1. The van der Waals surface area contributed by atoms with Crippen LogP contribution in [-0.4, -0.2) is 34.8 Å². The summed E-state index contributed by atoms with van der Waals surface area (Å²) >= 11 is 6.08. The van der Waals surface area contributed by atoms with Crippen LogP contribution in [0.1, 0.15) is 13.3 Å². The molecule has 0 aliphatic heterocycles. The van der Waals surface area contributed by atoms with Gasteiger partial charge in [-0.25, -0.2) is 9.97 Å². The van der Waals surface area contributed by atoms with E-state index in [1.54, 1.807) is 25.4 Å². The van der Waals surface area contributed by atoms with Crippen LogP contribution < -0.4 is 15.8 Å². The van der Waals surface area contributed by atoms with Crippen LogP contribution in [0.4, 0.5) is 5.82 Å². The Hall–Kier alpha value is -2.83. The lowest BCUT2D eigenvalue weighted by Crippen LogP contribution is -2.28. The highest BCUT2D eigenvalue weighted by Gasteiger charge is 2.15. The summed E-state index contributed by atoms with van der Waals surface area (Å²) in [6.45, 7) is 2.59. The Morgan fingerprint density at radius 2 is 2.04 bits per heavy atom. The Bertz CT molecular complexity index is 965. The summed E-state index contributed by atoms with van der Waals surface area (Å²) in [6.07, 6.45) is 2.56. The molecule has 0 aliphatic carbocycles. The van der Waals surface area contributed by atoms with Gasteiger partial charge in [-0.3, -0.25) is 0 Å². The van der Waals surface area contributed by atoms with Gasteiger partial charge < -0.3 is 20.9 Å². The first kappa shape index (κ1) is 19.9. The molecule has 1 heterocycles. The topological polar surface area (TPSA) is 93.3 Å². The van der Waals surface area contributed by atoms with Crippen molar-refractivity contribution in [3.63, 3.8) is 0 Å². The Kier molecular flexibility index (Phi) is 6.34. The molecule has 0 bridgehead atoms. The van der Waals surface area contributed by atoms with Crippen molar-refractivity contribution in [2.45, 2.75) is 19.4 Å². The predicted octanol–water partition coefficient (Wildman–Crippen LogP) is 4.33. The van der Waals surface area contributed by atoms with Crippen LogP contribution in [0.5, 0.6) is 11.5 Å². The molecule has 0 spiro atoms. The van der Waals surface area contributed by atoms with E-state index >= 15 is 0 Å². The first-order valence-corrected chi connectivity index (χ1v) is 9.39. The zero-order chi connectivity index (χ0) is 20.1. The maximum absolute atomic E-state index is 10.2. The van der Waals surface area contributed by atoms with Crippen LogP contribution in [0.3, 0.4) is 0 Å². The molecular weight excluding hydrogens is 376 g/mol. The highest BCUT2D eigenvalue weighted by atomic mass is 35.5. The summed E-state index contributed by atoms with van der Waals surface area (Å²) in [7, 11) is 1.63. The number of hydrogen-bond donors (Lipinski definition) is 3. The second-order valence-corrected chi connectivity index (χ2v) is 6.83. The molecule has 0 fully saturated rings. The zero-order valence-electron chi connectivity index (χ0n) is 15.8. The lowest BCUT2D eigenvalue weighted by molar-refractivity contribution is 0.415. The average molecular weight is 399 g/mol. The third-order valence-corrected chi connectivity index (χ3v) is 4.66. The third-order valence-electron chi connectivity index (χ3n) is 4.43. The predicted molar refractivity (Wildman–Crippen MR) is 113 cm³/mol. The largest absolute Gasteiger partial charge is 0.507 e. The first-order valence-electron chi connectivity index (χ1n) is 9.01. The maximum Gasteiger partial charge on any atom is 0.165 e. The molecule has 0 saturated carbocycles. The number of nitrogens with one attached hydrogen (secondary N) is 1. The Labute approximate surface area is 169 Å². The van der Waals surface area contributed by atoms with E-state index in [2.05, 4.69) is 15.3 Å². The van der Waals surface area contributed by atoms with Crippen molar-refractivity contribution in [2.24, 2.45) is 5.73 Å². The van der Waals surface area contributed by atoms with Gasteiger partial charge in [0.25, 0.3) is 0 Å². The summed E-state index contributed by atoms with van der Waals surface area (Å²) in [5.74, 6) is 1.81. The minimum Gasteiger partial charge on any atom is -0.507 e. The molecule has 3 aromatic rings. The van der Waals surface area contributed by atoms with Gasteiger partial charge in [0.15, 0.2) is 5.82 Å². The van der Waals surface area contributed by atoms with Crippen LogP contribution in [0, 0.1) is 0 Å². The number of aromatic hydroxyl groups is 1. The fourth-order valence-corrected chi connectivity index (χ4v) is 2.88. The van der Waals surface area contributed by atoms with Crippen molar-refractivity contribution < 1.29 is 9.84 Å². The van der Waals surface area contributed by atoms with Crippen LogP contribution in [0.25, 0.3) is 22.5 Å². The van der Waals surface area contributed by atoms with Crippen LogP contribution in [0.15, 0.2) is 48.7 Å². The van der Waals surface area contributed by atoms with Crippen molar-refractivity contribution in [2.75, 3.05) is 19.0 Å². The number of benzene rings is 2. The molecule has 0 amide bonds. The van der Waals surface area contributed by atoms with E-state index in [1.165, 1.54) is 6.07 Å². The monoisotopic (exact) mass is 398 g/mol. The first-order chi connectivity index (χ1) is 13.5. The Morgan fingerprint density at radius 1 is 1.21 bits per heavy atom. The molecule has 7 heteroatoms. The van der Waals surface area contributed by atoms with Gasteiger partial charge in [0.05, 0.1) is 12.7 Å². The summed E-state index contributed by atoms with van der Waals surface area (Å²) in [6, 6.07) is 12.4. The molecule has 1 aromatic heterocycles. The molecule has 6 nitrogen and oxygen atoms in total. The van der Waals surface area contributed by atoms with Gasteiger partial charge in [-0.2, -0.15) is 0 Å². The van der Waals surface area contributed by atoms with Crippen molar-refractivity contribution in [1.82, 2.24) is 9.97 Å². The number of nitrogens with zero attached hydrogens (tertiary/aromatic N) is 2. The molecule has 4 N–H and O–H groups in total. The van der Waals surface area contributed by atoms with Gasteiger partial charge >= 0.3 is 0 Å². The van der Waals surface area contributed by atoms with Gasteiger partial charge in [0, 0.05) is 29.4 Å². The van der Waals surface area contributed by atoms with Crippen LogP contribution >= 0.6 is 11.6 Å². The maximum atomic E-state index is 10.2. The number of phenols is 1. The van der Waals surface area contributed by atoms with E-state index in [1.807, 2.05) is 31.2 Å². The molecule has 0 radical (unpaired) electrons. The smallest absolute Gasteiger partial charge is 0.165 e. The van der Waals surface area contributed by atoms with E-state index in [9.17, 15) is 5.11 Å². The molecule has 3 rings (SSSR count). The minimum atomic E-state index is -0.00357. The van der Waals surface area contributed by atoms with E-state index < -0.39 is 0 Å². The average Bonchev–Trinajstić information content (AvgIpc) is 2.73. The molecule has 1 atom stereocenters. The van der Waals surface area contributed by atoms with Crippen molar-refractivity contribution >= 4 is 17.4 Å². The quantitative estimate of drug-likeness (QED) is 0.548. The number of nitrogens with two attached hydrogens (primary N) is 1. The molecule has 0 saturated heterocycles. The van der Waals surface area contributed by atoms with Crippen LogP contribution in [-0.2, 0) is 0 Å². The number of hydrogen-bond acceptors (Lipinski definition) is 6. The zero-order valence-corrected chi connectivity index (χ0v) is 16.6. The van der Waals surface area contributed by atoms with Gasteiger partial charge in [-0.05, 0) is 42.3 Å². The van der Waals surface area contributed by atoms with Gasteiger partial charge in [0.2, 0.25) is 0 Å². The summed E-state index contributed by atoms with van der Waals surface area (Å²) in [4.78, 5) is 9.09. The number of phenolic OH excluding ortho intramolecular Hbond substituents is 1. The normalized spacial score (nSPS) is 11.9. The number of aromatic nitrogens is 2. The van der Waals surface area contributed by atoms with E-state index in [4.69, 9.17) is 22.1 Å². The Morgan fingerprint density at radius 3 is 2.79 bits per heavy atom. The number of ether oxygens (including phenoxy) is 1. The summed E-state index contributed by atoms with van der Waals surface area (Å²) in [5, 5.41) is 14.0. The van der Waals surface area contributed by atoms with Crippen molar-refractivity contribution in [3.8, 4) is 34.0 Å². The molecular formula is C21H23ClN4O2. The van der Waals surface area contributed by atoms with Crippen molar-refractivity contribution in [1.29, 1.82) is 0 Å². The van der Waals surface area contributed by atoms with E-state index in [0.29, 0.717) is 28.8 Å². The second kappa shape index (κ2) is 8.91. The number of halogens is 1. The number of methoxy groups -OCH3 is 1. The van der Waals surface area contributed by atoms with E-state index in [0.717, 1.165) is 23.3 Å². The Balaban J connectivity index is 2.07. The minimum absolute atomic E-state index is 0.00357. The van der Waals surface area contributed by atoms with Crippen molar-refractivity contribution in [3.05, 3.63) is 53.7 Å². The molecule has 0 aliphatic rings. The number of rotatable bonds is 7. The summed E-state index contributed by atoms with van der Waals surface area (Å²) in [5.41, 5.74) is 8.25. The van der Waals surface area contributed by atoms with Gasteiger partial charge in [0.1, 0.15) is 17.3 Å². The van der Waals surface area contributed by atoms with E-state index in [-0.39, 0.29) is 11.8 Å². The molecule has 146 valence electrons. The van der Waals surface area contributed by atoms with Gasteiger partial charge in [-0.1, -0.05) is 30.7 Å². The molecule has 1 unspecified atom stereocenters.